The number of hydrogen-bond acceptors (Lipinski definition) is 6. The number of rotatable bonds is 5. The van der Waals surface area contributed by atoms with E-state index in [0.29, 0.717) is 11.5 Å². The van der Waals surface area contributed by atoms with Crippen molar-refractivity contribution in [2.45, 2.75) is 13.5 Å². The van der Waals surface area contributed by atoms with Crippen LogP contribution in [-0.4, -0.2) is 31.1 Å². The Hall–Kier alpha value is -2.91. The minimum Gasteiger partial charge on any atom is -0.324 e. The number of nitrogens with zero attached hydrogens (tertiary/aromatic N) is 5. The number of halogens is 1. The summed E-state index contributed by atoms with van der Waals surface area (Å²) in [4.78, 5) is 18.1. The molecule has 140 valence electrons. The van der Waals surface area contributed by atoms with Crippen LogP contribution >= 0.6 is 27.3 Å². The number of hydrogen-bond donors (Lipinski definition) is 1. The quantitative estimate of drug-likeness (QED) is 0.488. The zero-order valence-corrected chi connectivity index (χ0v) is 17.2. The number of tetrazole rings is 1. The SMILES string of the molecule is Cc1nc(-c2cccc(NC(=O)Cn3nnc(-c4ccc(Br)cc4)n3)c2)cs1. The number of carbonyl (C=O) groups excluding carboxylic acids is 1. The lowest BCUT2D eigenvalue weighted by Crippen LogP contribution is -2.20. The third-order valence-corrected chi connectivity index (χ3v) is 5.20. The van der Waals surface area contributed by atoms with Crippen LogP contribution in [0.5, 0.6) is 0 Å². The predicted octanol–water partition coefficient (Wildman–Crippen LogP) is 4.17. The van der Waals surface area contributed by atoms with Crippen LogP contribution in [0, 0.1) is 6.92 Å². The van der Waals surface area contributed by atoms with Gasteiger partial charge in [-0.25, -0.2) is 4.98 Å². The van der Waals surface area contributed by atoms with E-state index in [4.69, 9.17) is 0 Å². The van der Waals surface area contributed by atoms with Crippen LogP contribution < -0.4 is 5.32 Å². The summed E-state index contributed by atoms with van der Waals surface area (Å²) in [5.41, 5.74) is 3.39. The second kappa shape index (κ2) is 7.99. The van der Waals surface area contributed by atoms with Gasteiger partial charge in [0.1, 0.15) is 6.54 Å². The normalized spacial score (nSPS) is 10.8. The summed E-state index contributed by atoms with van der Waals surface area (Å²) in [6.45, 7) is 1.94. The van der Waals surface area contributed by atoms with Gasteiger partial charge in [-0.15, -0.1) is 21.5 Å². The Kier molecular flexibility index (Phi) is 5.27. The molecule has 0 radical (unpaired) electrons. The highest BCUT2D eigenvalue weighted by Crippen LogP contribution is 2.24. The Morgan fingerprint density at radius 2 is 2.00 bits per heavy atom. The summed E-state index contributed by atoms with van der Waals surface area (Å²) in [5, 5.41) is 18.1. The minimum absolute atomic E-state index is 0.0242. The number of aromatic nitrogens is 5. The lowest BCUT2D eigenvalue weighted by Gasteiger charge is -2.06. The average Bonchev–Trinajstić information content (AvgIpc) is 3.32. The maximum absolute atomic E-state index is 12.4. The molecular weight excluding hydrogens is 440 g/mol. The highest BCUT2D eigenvalue weighted by Gasteiger charge is 2.10. The summed E-state index contributed by atoms with van der Waals surface area (Å²) in [5.74, 6) is 0.243. The smallest absolute Gasteiger partial charge is 0.248 e. The molecule has 1 N–H and O–H groups in total. The summed E-state index contributed by atoms with van der Waals surface area (Å²) in [6, 6.07) is 15.2. The van der Waals surface area contributed by atoms with Crippen molar-refractivity contribution < 1.29 is 4.79 Å². The van der Waals surface area contributed by atoms with Gasteiger partial charge in [0.15, 0.2) is 0 Å². The average molecular weight is 455 g/mol. The molecule has 2 aromatic carbocycles. The van der Waals surface area contributed by atoms with Gasteiger partial charge in [-0.3, -0.25) is 4.79 Å². The number of thiazole rings is 1. The van der Waals surface area contributed by atoms with Crippen LogP contribution in [-0.2, 0) is 11.3 Å². The number of anilines is 1. The van der Waals surface area contributed by atoms with Crippen molar-refractivity contribution in [3.8, 4) is 22.6 Å². The van der Waals surface area contributed by atoms with Gasteiger partial charge in [-0.2, -0.15) is 4.80 Å². The molecule has 0 bridgehead atoms. The Bertz CT molecular complexity index is 1120. The van der Waals surface area contributed by atoms with Gasteiger partial charge in [0, 0.05) is 26.7 Å². The van der Waals surface area contributed by atoms with Crippen molar-refractivity contribution in [2.75, 3.05) is 5.32 Å². The van der Waals surface area contributed by atoms with Crippen molar-refractivity contribution in [3.63, 3.8) is 0 Å². The minimum atomic E-state index is -0.230. The van der Waals surface area contributed by atoms with E-state index in [1.54, 1.807) is 11.3 Å². The van der Waals surface area contributed by atoms with E-state index in [9.17, 15) is 4.79 Å². The Morgan fingerprint density at radius 3 is 2.75 bits per heavy atom. The van der Waals surface area contributed by atoms with Gasteiger partial charge in [-0.05, 0) is 48.5 Å². The van der Waals surface area contributed by atoms with Crippen molar-refractivity contribution in [2.24, 2.45) is 0 Å². The molecule has 0 aliphatic rings. The molecule has 7 nitrogen and oxygen atoms in total. The molecule has 4 aromatic rings. The maximum atomic E-state index is 12.4. The van der Waals surface area contributed by atoms with Crippen LogP contribution in [0.15, 0.2) is 58.4 Å². The number of nitrogens with one attached hydrogen (secondary N) is 1. The number of benzene rings is 2. The Balaban J connectivity index is 1.43. The molecule has 0 saturated carbocycles. The molecule has 0 saturated heterocycles. The zero-order valence-electron chi connectivity index (χ0n) is 14.8. The van der Waals surface area contributed by atoms with Crippen LogP contribution in [0.3, 0.4) is 0 Å². The summed E-state index contributed by atoms with van der Waals surface area (Å²) in [7, 11) is 0. The molecule has 0 aliphatic heterocycles. The topological polar surface area (TPSA) is 85.6 Å². The van der Waals surface area contributed by atoms with Crippen LogP contribution in [0.4, 0.5) is 5.69 Å². The Labute approximate surface area is 173 Å². The molecular formula is C19H15BrN6OS. The van der Waals surface area contributed by atoms with E-state index in [1.807, 2.05) is 60.8 Å². The summed E-state index contributed by atoms with van der Waals surface area (Å²) >= 11 is 4.98. The summed E-state index contributed by atoms with van der Waals surface area (Å²) < 4.78 is 0.970. The largest absolute Gasteiger partial charge is 0.324 e. The fourth-order valence-corrected chi connectivity index (χ4v) is 3.49. The van der Waals surface area contributed by atoms with Crippen LogP contribution in [0.25, 0.3) is 22.6 Å². The molecule has 0 spiro atoms. The molecule has 9 heteroatoms. The van der Waals surface area contributed by atoms with Crippen molar-refractivity contribution in [3.05, 3.63) is 63.4 Å². The first kappa shape index (κ1) is 18.5. The zero-order chi connectivity index (χ0) is 19.5. The van der Waals surface area contributed by atoms with Gasteiger partial charge >= 0.3 is 0 Å². The predicted molar refractivity (Wildman–Crippen MR) is 112 cm³/mol. The van der Waals surface area contributed by atoms with Gasteiger partial charge < -0.3 is 5.32 Å². The molecule has 0 unspecified atom stereocenters. The van der Waals surface area contributed by atoms with Crippen LogP contribution in [0.2, 0.25) is 0 Å². The molecule has 1 amide bonds. The monoisotopic (exact) mass is 454 g/mol. The van der Waals surface area contributed by atoms with E-state index >= 15 is 0 Å². The van der Waals surface area contributed by atoms with Gasteiger partial charge in [0.25, 0.3) is 0 Å². The third kappa shape index (κ3) is 4.32. The molecule has 28 heavy (non-hydrogen) atoms. The van der Waals surface area contributed by atoms with Crippen LogP contribution in [0.1, 0.15) is 5.01 Å². The highest BCUT2D eigenvalue weighted by molar-refractivity contribution is 9.10. The molecule has 0 aliphatic carbocycles. The van der Waals surface area contributed by atoms with E-state index in [1.165, 1.54) is 4.80 Å². The lowest BCUT2D eigenvalue weighted by atomic mass is 10.1. The highest BCUT2D eigenvalue weighted by atomic mass is 79.9. The van der Waals surface area contributed by atoms with E-state index in [2.05, 4.69) is 41.6 Å². The van der Waals surface area contributed by atoms with Crippen molar-refractivity contribution in [1.82, 2.24) is 25.2 Å². The molecule has 4 rings (SSSR count). The number of carbonyl (C=O) groups is 1. The van der Waals surface area contributed by atoms with Gasteiger partial charge in [0.05, 0.1) is 10.7 Å². The fraction of sp³-hybridized carbons (Fsp3) is 0.105. The maximum Gasteiger partial charge on any atom is 0.248 e. The number of amides is 1. The molecule has 0 atom stereocenters. The fourth-order valence-electron chi connectivity index (χ4n) is 2.61. The van der Waals surface area contributed by atoms with Crippen molar-refractivity contribution in [1.29, 1.82) is 0 Å². The third-order valence-electron chi connectivity index (χ3n) is 3.90. The van der Waals surface area contributed by atoms with Gasteiger partial charge in [-0.1, -0.05) is 28.1 Å². The number of aryl methyl sites for hydroxylation is 1. The first-order chi connectivity index (χ1) is 13.6. The second-order valence-corrected chi connectivity index (χ2v) is 8.01. The second-order valence-electron chi connectivity index (χ2n) is 6.03. The van der Waals surface area contributed by atoms with Gasteiger partial charge in [0.2, 0.25) is 11.7 Å². The van der Waals surface area contributed by atoms with E-state index in [-0.39, 0.29) is 12.5 Å². The first-order valence-corrected chi connectivity index (χ1v) is 10.1. The van der Waals surface area contributed by atoms with Crippen molar-refractivity contribution >= 4 is 38.9 Å². The molecule has 2 aromatic heterocycles. The standard InChI is InChI=1S/C19H15BrN6OS/c1-12-21-17(11-28-12)14-3-2-4-16(9-14)22-18(27)10-26-24-19(23-25-26)13-5-7-15(20)8-6-13/h2-9,11H,10H2,1H3,(H,22,27). The molecule has 0 fully saturated rings. The molecule has 2 heterocycles. The van der Waals surface area contributed by atoms with E-state index < -0.39 is 0 Å². The summed E-state index contributed by atoms with van der Waals surface area (Å²) in [6.07, 6.45) is 0. The Morgan fingerprint density at radius 1 is 1.18 bits per heavy atom. The van der Waals surface area contributed by atoms with E-state index in [0.717, 1.165) is 26.3 Å². The lowest BCUT2D eigenvalue weighted by molar-refractivity contribution is -0.117. The first-order valence-electron chi connectivity index (χ1n) is 8.43.